The first-order valence-electron chi connectivity index (χ1n) is 6.68. The molecule has 1 saturated heterocycles. The molecule has 0 radical (unpaired) electrons. The summed E-state index contributed by atoms with van der Waals surface area (Å²) in [5.74, 6) is 0.399. The van der Waals surface area contributed by atoms with E-state index in [0.29, 0.717) is 13.1 Å². The van der Waals surface area contributed by atoms with Gasteiger partial charge in [0.1, 0.15) is 0 Å². The highest BCUT2D eigenvalue weighted by Gasteiger charge is 2.40. The van der Waals surface area contributed by atoms with Crippen LogP contribution in [0.1, 0.15) is 40.0 Å². The van der Waals surface area contributed by atoms with Crippen molar-refractivity contribution in [1.82, 2.24) is 4.90 Å². The largest absolute Gasteiger partial charge is 0.393 e. The maximum atomic E-state index is 12.5. The van der Waals surface area contributed by atoms with Crippen LogP contribution in [-0.4, -0.2) is 41.7 Å². The lowest BCUT2D eigenvalue weighted by atomic mass is 9.81. The van der Waals surface area contributed by atoms with E-state index in [1.807, 2.05) is 18.7 Å². The Balaban J connectivity index is 2.71. The van der Waals surface area contributed by atoms with Crippen molar-refractivity contribution in [3.63, 3.8) is 0 Å². The highest BCUT2D eigenvalue weighted by Crippen LogP contribution is 2.31. The van der Waals surface area contributed by atoms with E-state index in [1.54, 1.807) is 6.92 Å². The number of likely N-dealkylation sites (tertiary alicyclic amines) is 1. The molecule has 0 saturated carbocycles. The summed E-state index contributed by atoms with van der Waals surface area (Å²) in [5.41, 5.74) is 5.40. The Morgan fingerprint density at radius 3 is 2.47 bits per heavy atom. The molecule has 0 aromatic carbocycles. The zero-order chi connectivity index (χ0) is 13.1. The first-order valence-corrected chi connectivity index (χ1v) is 6.68. The van der Waals surface area contributed by atoms with Crippen molar-refractivity contribution in [2.75, 3.05) is 19.6 Å². The van der Waals surface area contributed by atoms with Gasteiger partial charge in [0.25, 0.3) is 0 Å². The highest BCUT2D eigenvalue weighted by atomic mass is 16.3. The number of nitrogens with two attached hydrogens (primary N) is 1. The Hall–Kier alpha value is -0.610. The van der Waals surface area contributed by atoms with Crippen molar-refractivity contribution in [2.24, 2.45) is 17.1 Å². The maximum Gasteiger partial charge on any atom is 0.230 e. The van der Waals surface area contributed by atoms with Crippen molar-refractivity contribution in [3.8, 4) is 0 Å². The molecule has 1 aliphatic heterocycles. The molecule has 2 atom stereocenters. The molecule has 0 aliphatic carbocycles. The van der Waals surface area contributed by atoms with E-state index in [2.05, 4.69) is 0 Å². The number of aliphatic hydroxyl groups excluding tert-OH is 1. The molecular formula is C13H26N2O2. The fourth-order valence-electron chi connectivity index (χ4n) is 2.63. The topological polar surface area (TPSA) is 66.6 Å². The van der Waals surface area contributed by atoms with Crippen LogP contribution < -0.4 is 5.73 Å². The van der Waals surface area contributed by atoms with Gasteiger partial charge in [-0.05, 0) is 26.2 Å². The molecule has 1 amide bonds. The van der Waals surface area contributed by atoms with E-state index in [0.717, 1.165) is 25.8 Å². The van der Waals surface area contributed by atoms with Gasteiger partial charge in [0.2, 0.25) is 5.91 Å². The summed E-state index contributed by atoms with van der Waals surface area (Å²) in [4.78, 5) is 14.4. The molecule has 1 rings (SSSR count). The summed E-state index contributed by atoms with van der Waals surface area (Å²) in [6, 6.07) is 0. The second-order valence-electron chi connectivity index (χ2n) is 5.23. The van der Waals surface area contributed by atoms with Gasteiger partial charge in [0.15, 0.2) is 0 Å². The monoisotopic (exact) mass is 242 g/mol. The second kappa shape index (κ2) is 5.83. The lowest BCUT2D eigenvalue weighted by Crippen LogP contribution is -2.47. The van der Waals surface area contributed by atoms with Gasteiger partial charge in [-0.15, -0.1) is 0 Å². The Bertz CT molecular complexity index is 254. The molecule has 0 spiro atoms. The van der Waals surface area contributed by atoms with Crippen LogP contribution >= 0.6 is 0 Å². The van der Waals surface area contributed by atoms with Gasteiger partial charge in [-0.1, -0.05) is 13.8 Å². The number of hydrogen-bond acceptors (Lipinski definition) is 3. The number of nitrogens with zero attached hydrogens (tertiary/aromatic N) is 1. The molecule has 0 aromatic heterocycles. The van der Waals surface area contributed by atoms with E-state index in [1.165, 1.54) is 0 Å². The van der Waals surface area contributed by atoms with Crippen molar-refractivity contribution >= 4 is 5.91 Å². The molecule has 17 heavy (non-hydrogen) atoms. The number of carbonyl (C=O) groups excluding carboxylic acids is 1. The van der Waals surface area contributed by atoms with E-state index in [4.69, 9.17) is 5.73 Å². The van der Waals surface area contributed by atoms with Gasteiger partial charge < -0.3 is 15.7 Å². The first-order chi connectivity index (χ1) is 8.00. The predicted octanol–water partition coefficient (Wildman–Crippen LogP) is 0.981. The summed E-state index contributed by atoms with van der Waals surface area (Å²) in [7, 11) is 0. The minimum absolute atomic E-state index is 0.174. The Kier molecular flexibility index (Phi) is 4.95. The number of rotatable bonds is 5. The molecule has 4 heteroatoms. The van der Waals surface area contributed by atoms with E-state index < -0.39 is 5.41 Å². The lowest BCUT2D eigenvalue weighted by molar-refractivity contribution is -0.141. The summed E-state index contributed by atoms with van der Waals surface area (Å²) >= 11 is 0. The summed E-state index contributed by atoms with van der Waals surface area (Å²) in [6.07, 6.45) is 2.14. The van der Waals surface area contributed by atoms with Crippen LogP contribution in [-0.2, 0) is 4.79 Å². The van der Waals surface area contributed by atoms with Crippen LogP contribution in [0.3, 0.4) is 0 Å². The standard InChI is InChI=1S/C13H26N2O2/c1-4-13(5-2,9-14)12(17)15-7-6-11(8-15)10(3)16/h10-11,16H,4-9,14H2,1-3H3. The molecule has 2 unspecified atom stereocenters. The third-order valence-electron chi connectivity index (χ3n) is 4.39. The summed E-state index contributed by atoms with van der Waals surface area (Å²) < 4.78 is 0. The summed E-state index contributed by atoms with van der Waals surface area (Å²) in [6.45, 7) is 7.70. The first kappa shape index (κ1) is 14.5. The van der Waals surface area contributed by atoms with Crippen LogP contribution in [0.25, 0.3) is 0 Å². The molecule has 1 heterocycles. The van der Waals surface area contributed by atoms with Crippen LogP contribution in [0, 0.1) is 11.3 Å². The minimum Gasteiger partial charge on any atom is -0.393 e. The average molecular weight is 242 g/mol. The fourth-order valence-corrected chi connectivity index (χ4v) is 2.63. The molecule has 0 bridgehead atoms. The third kappa shape index (κ3) is 2.80. The predicted molar refractivity (Wildman–Crippen MR) is 68.4 cm³/mol. The van der Waals surface area contributed by atoms with Crippen LogP contribution in [0.5, 0.6) is 0 Å². The maximum absolute atomic E-state index is 12.5. The van der Waals surface area contributed by atoms with Crippen molar-refractivity contribution in [1.29, 1.82) is 0 Å². The number of hydrogen-bond donors (Lipinski definition) is 2. The second-order valence-corrected chi connectivity index (χ2v) is 5.23. The van der Waals surface area contributed by atoms with Crippen LogP contribution in [0.2, 0.25) is 0 Å². The average Bonchev–Trinajstić information content (AvgIpc) is 2.81. The molecule has 0 aromatic rings. The van der Waals surface area contributed by atoms with E-state index in [-0.39, 0.29) is 17.9 Å². The van der Waals surface area contributed by atoms with E-state index >= 15 is 0 Å². The molecular weight excluding hydrogens is 216 g/mol. The van der Waals surface area contributed by atoms with Gasteiger partial charge in [0.05, 0.1) is 11.5 Å². The van der Waals surface area contributed by atoms with Crippen LogP contribution in [0.4, 0.5) is 0 Å². The Labute approximate surface area is 104 Å². The van der Waals surface area contributed by atoms with Gasteiger partial charge in [0, 0.05) is 25.6 Å². The third-order valence-corrected chi connectivity index (χ3v) is 4.39. The fraction of sp³-hybridized carbons (Fsp3) is 0.923. The normalized spacial score (nSPS) is 22.9. The minimum atomic E-state index is -0.395. The van der Waals surface area contributed by atoms with Gasteiger partial charge in [-0.3, -0.25) is 4.79 Å². The Morgan fingerprint density at radius 2 is 2.12 bits per heavy atom. The quantitative estimate of drug-likeness (QED) is 0.755. The molecule has 4 nitrogen and oxygen atoms in total. The number of carbonyl (C=O) groups is 1. The molecule has 100 valence electrons. The SMILES string of the molecule is CCC(CC)(CN)C(=O)N1CCC(C(C)O)C1. The number of aliphatic hydroxyl groups is 1. The van der Waals surface area contributed by atoms with Gasteiger partial charge in [-0.2, -0.15) is 0 Å². The van der Waals surface area contributed by atoms with Gasteiger partial charge in [-0.25, -0.2) is 0 Å². The molecule has 3 N–H and O–H groups in total. The number of amides is 1. The summed E-state index contributed by atoms with van der Waals surface area (Å²) in [5, 5.41) is 9.56. The molecule has 1 aliphatic rings. The van der Waals surface area contributed by atoms with Crippen molar-refractivity contribution in [2.45, 2.75) is 46.1 Å². The smallest absolute Gasteiger partial charge is 0.230 e. The molecule has 1 fully saturated rings. The lowest BCUT2D eigenvalue weighted by Gasteiger charge is -2.33. The highest BCUT2D eigenvalue weighted by molar-refractivity contribution is 5.83. The van der Waals surface area contributed by atoms with Crippen molar-refractivity contribution < 1.29 is 9.90 Å². The van der Waals surface area contributed by atoms with Gasteiger partial charge >= 0.3 is 0 Å². The van der Waals surface area contributed by atoms with Crippen LogP contribution in [0.15, 0.2) is 0 Å². The zero-order valence-corrected chi connectivity index (χ0v) is 11.3. The van der Waals surface area contributed by atoms with E-state index in [9.17, 15) is 9.90 Å². The Morgan fingerprint density at radius 1 is 1.53 bits per heavy atom. The van der Waals surface area contributed by atoms with Crippen molar-refractivity contribution in [3.05, 3.63) is 0 Å². The zero-order valence-electron chi connectivity index (χ0n) is 11.3.